The quantitative estimate of drug-likeness (QED) is 0.856. The molecular formula is C15H16N2OS. The molecule has 1 saturated carbocycles. The van der Waals surface area contributed by atoms with Crippen molar-refractivity contribution in [1.29, 1.82) is 0 Å². The third kappa shape index (κ3) is 2.84. The van der Waals surface area contributed by atoms with Gasteiger partial charge < -0.3 is 4.90 Å². The molecule has 1 heterocycles. The zero-order valence-electron chi connectivity index (χ0n) is 10.9. The fraction of sp³-hybridized carbons (Fsp3) is 0.333. The van der Waals surface area contributed by atoms with Crippen LogP contribution >= 0.6 is 11.3 Å². The summed E-state index contributed by atoms with van der Waals surface area (Å²) >= 11 is 1.53. The highest BCUT2D eigenvalue weighted by molar-refractivity contribution is 7.09. The first-order valence-electron chi connectivity index (χ1n) is 6.51. The van der Waals surface area contributed by atoms with Crippen molar-refractivity contribution in [1.82, 2.24) is 9.88 Å². The van der Waals surface area contributed by atoms with Gasteiger partial charge in [-0.05, 0) is 25.3 Å². The van der Waals surface area contributed by atoms with Crippen molar-refractivity contribution in [3.8, 4) is 0 Å². The number of carbonyl (C=O) groups is 1. The van der Waals surface area contributed by atoms with E-state index in [2.05, 4.69) is 17.1 Å². The molecule has 0 aliphatic heterocycles. The molecule has 0 N–H and O–H groups in total. The molecule has 19 heavy (non-hydrogen) atoms. The lowest BCUT2D eigenvalue weighted by atomic mass is 10.2. The largest absolute Gasteiger partial charge is 0.330 e. The number of thiazole rings is 1. The molecule has 1 aromatic carbocycles. The third-order valence-corrected chi connectivity index (χ3v) is 4.06. The second kappa shape index (κ2) is 5.13. The summed E-state index contributed by atoms with van der Waals surface area (Å²) in [5, 5.41) is 2.80. The average molecular weight is 272 g/mol. The highest BCUT2D eigenvalue weighted by atomic mass is 32.1. The molecule has 98 valence electrons. The zero-order valence-corrected chi connectivity index (χ0v) is 11.7. The van der Waals surface area contributed by atoms with Gasteiger partial charge in [0.2, 0.25) is 0 Å². The summed E-state index contributed by atoms with van der Waals surface area (Å²) in [5.41, 5.74) is 1.76. The summed E-state index contributed by atoms with van der Waals surface area (Å²) in [6, 6.07) is 10.5. The molecule has 1 aliphatic rings. The summed E-state index contributed by atoms with van der Waals surface area (Å²) in [7, 11) is 0. The van der Waals surface area contributed by atoms with Crippen LogP contribution in [-0.2, 0) is 6.54 Å². The molecule has 0 atom stereocenters. The van der Waals surface area contributed by atoms with Gasteiger partial charge in [-0.1, -0.05) is 30.3 Å². The predicted molar refractivity (Wildman–Crippen MR) is 76.2 cm³/mol. The molecule has 3 nitrogen and oxygen atoms in total. The van der Waals surface area contributed by atoms with E-state index in [1.165, 1.54) is 16.9 Å². The number of hydrogen-bond acceptors (Lipinski definition) is 3. The standard InChI is InChI=1S/C15H16N2OS/c1-11-16-14(10-19-11)15(18)17(13-7-8-13)9-12-5-3-2-4-6-12/h2-6,10,13H,7-9H2,1H3. The Labute approximate surface area is 116 Å². The Morgan fingerprint density at radius 3 is 2.68 bits per heavy atom. The molecule has 0 spiro atoms. The van der Waals surface area contributed by atoms with Crippen molar-refractivity contribution < 1.29 is 4.79 Å². The van der Waals surface area contributed by atoms with Crippen LogP contribution in [-0.4, -0.2) is 21.8 Å². The molecule has 1 amide bonds. The molecular weight excluding hydrogens is 256 g/mol. The number of aryl methyl sites for hydroxylation is 1. The minimum atomic E-state index is 0.0655. The lowest BCUT2D eigenvalue weighted by Gasteiger charge is -2.21. The highest BCUT2D eigenvalue weighted by Gasteiger charge is 2.33. The van der Waals surface area contributed by atoms with Crippen molar-refractivity contribution in [2.75, 3.05) is 0 Å². The van der Waals surface area contributed by atoms with Gasteiger partial charge in [-0.25, -0.2) is 4.98 Å². The van der Waals surface area contributed by atoms with E-state index in [1.807, 2.05) is 35.4 Å². The monoisotopic (exact) mass is 272 g/mol. The molecule has 0 saturated heterocycles. The number of amides is 1. The maximum atomic E-state index is 12.5. The van der Waals surface area contributed by atoms with Gasteiger partial charge in [-0.15, -0.1) is 11.3 Å². The smallest absolute Gasteiger partial charge is 0.273 e. The van der Waals surface area contributed by atoms with Gasteiger partial charge in [0, 0.05) is 18.0 Å². The van der Waals surface area contributed by atoms with Gasteiger partial charge in [-0.3, -0.25) is 4.79 Å². The SMILES string of the molecule is Cc1nc(C(=O)N(Cc2ccccc2)C2CC2)cs1. The molecule has 2 aromatic rings. The van der Waals surface area contributed by atoms with Gasteiger partial charge in [0.25, 0.3) is 5.91 Å². The lowest BCUT2D eigenvalue weighted by Crippen LogP contribution is -2.32. The predicted octanol–water partition coefficient (Wildman–Crippen LogP) is 3.26. The van der Waals surface area contributed by atoms with Crippen molar-refractivity contribution in [2.24, 2.45) is 0 Å². The summed E-state index contributed by atoms with van der Waals surface area (Å²) in [5.74, 6) is 0.0655. The topological polar surface area (TPSA) is 33.2 Å². The van der Waals surface area contributed by atoms with Gasteiger partial charge in [-0.2, -0.15) is 0 Å². The van der Waals surface area contributed by atoms with Crippen LogP contribution in [0.25, 0.3) is 0 Å². The van der Waals surface area contributed by atoms with E-state index in [-0.39, 0.29) is 5.91 Å². The molecule has 1 aliphatic carbocycles. The van der Waals surface area contributed by atoms with Gasteiger partial charge in [0.05, 0.1) is 5.01 Å². The second-order valence-corrected chi connectivity index (χ2v) is 5.96. The molecule has 1 aromatic heterocycles. The van der Waals surface area contributed by atoms with E-state index >= 15 is 0 Å². The van der Waals surface area contributed by atoms with Crippen molar-refractivity contribution >= 4 is 17.2 Å². The van der Waals surface area contributed by atoms with E-state index in [1.54, 1.807) is 0 Å². The first kappa shape index (κ1) is 12.4. The number of carbonyl (C=O) groups excluding carboxylic acids is 1. The van der Waals surface area contributed by atoms with Crippen LogP contribution in [0.3, 0.4) is 0 Å². The van der Waals surface area contributed by atoms with Crippen LogP contribution in [0.2, 0.25) is 0 Å². The van der Waals surface area contributed by atoms with Crippen LogP contribution < -0.4 is 0 Å². The fourth-order valence-electron chi connectivity index (χ4n) is 2.14. The van der Waals surface area contributed by atoms with E-state index in [9.17, 15) is 4.79 Å². The maximum absolute atomic E-state index is 12.5. The van der Waals surface area contributed by atoms with Gasteiger partial charge in [0.1, 0.15) is 5.69 Å². The van der Waals surface area contributed by atoms with E-state index in [0.717, 1.165) is 17.8 Å². The Kier molecular flexibility index (Phi) is 3.34. The fourth-order valence-corrected chi connectivity index (χ4v) is 2.73. The number of aromatic nitrogens is 1. The molecule has 1 fully saturated rings. The Morgan fingerprint density at radius 2 is 2.11 bits per heavy atom. The molecule has 3 rings (SSSR count). The number of nitrogens with zero attached hydrogens (tertiary/aromatic N) is 2. The summed E-state index contributed by atoms with van der Waals surface area (Å²) in [6.07, 6.45) is 2.23. The third-order valence-electron chi connectivity index (χ3n) is 3.28. The first-order valence-corrected chi connectivity index (χ1v) is 7.39. The lowest BCUT2D eigenvalue weighted by molar-refractivity contribution is 0.0724. The minimum absolute atomic E-state index is 0.0655. The summed E-state index contributed by atoms with van der Waals surface area (Å²) in [4.78, 5) is 18.8. The van der Waals surface area contributed by atoms with Crippen LogP contribution in [0.1, 0.15) is 33.9 Å². The first-order chi connectivity index (χ1) is 9.24. The Balaban J connectivity index is 1.79. The number of benzene rings is 1. The number of rotatable bonds is 4. The maximum Gasteiger partial charge on any atom is 0.273 e. The van der Waals surface area contributed by atoms with Gasteiger partial charge in [0.15, 0.2) is 0 Å². The van der Waals surface area contributed by atoms with Crippen LogP contribution in [0.4, 0.5) is 0 Å². The zero-order chi connectivity index (χ0) is 13.2. The Bertz CT molecular complexity index is 575. The van der Waals surface area contributed by atoms with E-state index in [4.69, 9.17) is 0 Å². The summed E-state index contributed by atoms with van der Waals surface area (Å²) < 4.78 is 0. The highest BCUT2D eigenvalue weighted by Crippen LogP contribution is 2.30. The minimum Gasteiger partial charge on any atom is -0.330 e. The van der Waals surface area contributed by atoms with Crippen molar-refractivity contribution in [3.05, 3.63) is 52.0 Å². The normalized spacial score (nSPS) is 14.4. The van der Waals surface area contributed by atoms with Crippen LogP contribution in [0.15, 0.2) is 35.7 Å². The molecule has 4 heteroatoms. The molecule has 0 bridgehead atoms. The molecule has 0 unspecified atom stereocenters. The van der Waals surface area contributed by atoms with Crippen molar-refractivity contribution in [3.63, 3.8) is 0 Å². The van der Waals surface area contributed by atoms with Crippen LogP contribution in [0.5, 0.6) is 0 Å². The van der Waals surface area contributed by atoms with E-state index in [0.29, 0.717) is 18.3 Å². The Morgan fingerprint density at radius 1 is 1.37 bits per heavy atom. The van der Waals surface area contributed by atoms with Gasteiger partial charge >= 0.3 is 0 Å². The molecule has 0 radical (unpaired) electrons. The second-order valence-electron chi connectivity index (χ2n) is 4.90. The van der Waals surface area contributed by atoms with Crippen molar-refractivity contribution in [2.45, 2.75) is 32.4 Å². The van der Waals surface area contributed by atoms with E-state index < -0.39 is 0 Å². The number of hydrogen-bond donors (Lipinski definition) is 0. The average Bonchev–Trinajstić information content (AvgIpc) is 3.18. The summed E-state index contributed by atoms with van der Waals surface area (Å²) in [6.45, 7) is 2.61. The Hall–Kier alpha value is -1.68. The van der Waals surface area contributed by atoms with Crippen LogP contribution in [0, 0.1) is 6.92 Å².